The van der Waals surface area contributed by atoms with Crippen LogP contribution in [0.2, 0.25) is 0 Å². The molecule has 0 radical (unpaired) electrons. The molecule has 0 aliphatic rings. The molecule has 0 aliphatic carbocycles. The van der Waals surface area contributed by atoms with Gasteiger partial charge in [-0.25, -0.2) is 9.37 Å². The number of nitrogens with zero attached hydrogens (tertiary/aromatic N) is 4. The number of para-hydroxylation sites is 1. The van der Waals surface area contributed by atoms with Crippen LogP contribution in [-0.4, -0.2) is 40.1 Å². The van der Waals surface area contributed by atoms with E-state index in [2.05, 4.69) is 9.97 Å². The van der Waals surface area contributed by atoms with Crippen molar-refractivity contribution in [3.05, 3.63) is 85.2 Å². The van der Waals surface area contributed by atoms with Gasteiger partial charge >= 0.3 is 0 Å². The lowest BCUT2D eigenvalue weighted by atomic mass is 10.2. The van der Waals surface area contributed by atoms with E-state index in [1.165, 1.54) is 28.4 Å². The van der Waals surface area contributed by atoms with E-state index in [1.807, 2.05) is 16.8 Å². The molecule has 0 unspecified atom stereocenters. The number of halogens is 1. The number of thiophene rings is 1. The summed E-state index contributed by atoms with van der Waals surface area (Å²) in [5.74, 6) is -1.63. The second-order valence-electron chi connectivity index (χ2n) is 8.55. The summed E-state index contributed by atoms with van der Waals surface area (Å²) in [6, 6.07) is 16.4. The lowest BCUT2D eigenvalue weighted by Crippen LogP contribution is -2.30. The van der Waals surface area contributed by atoms with E-state index in [9.17, 15) is 9.59 Å². The first kappa shape index (κ1) is 26.0. The minimum atomic E-state index is -0.778. The molecule has 198 valence electrons. The maximum absolute atomic E-state index is 15.3. The first-order valence-corrected chi connectivity index (χ1v) is 12.8. The Morgan fingerprint density at radius 2 is 1.87 bits per heavy atom. The van der Waals surface area contributed by atoms with Crippen molar-refractivity contribution in [3.8, 4) is 22.1 Å². The molecule has 0 bridgehead atoms. The molecular weight excluding hydrogens is 521 g/mol. The molecule has 5 rings (SSSR count). The van der Waals surface area contributed by atoms with Crippen LogP contribution in [0.25, 0.3) is 20.8 Å². The number of carbonyl (C=O) groups is 2. The van der Waals surface area contributed by atoms with Crippen LogP contribution in [-0.2, 0) is 20.9 Å². The summed E-state index contributed by atoms with van der Waals surface area (Å²) >= 11 is 1.44. The Labute approximate surface area is 227 Å². The zero-order chi connectivity index (χ0) is 27.4. The maximum atomic E-state index is 15.3. The van der Waals surface area contributed by atoms with Gasteiger partial charge in [0.25, 0.3) is 0 Å². The van der Waals surface area contributed by atoms with Gasteiger partial charge in [0.05, 0.1) is 39.4 Å². The van der Waals surface area contributed by atoms with Crippen molar-refractivity contribution in [3.63, 3.8) is 0 Å². The first-order valence-electron chi connectivity index (χ1n) is 12.0. The molecule has 0 saturated carbocycles. The topological polar surface area (TPSA) is 113 Å². The highest BCUT2D eigenvalue weighted by molar-refractivity contribution is 7.22. The number of benzene rings is 2. The maximum Gasteiger partial charge on any atom is 0.240 e. The van der Waals surface area contributed by atoms with Crippen LogP contribution in [0.15, 0.2) is 79.4 Å². The van der Waals surface area contributed by atoms with Gasteiger partial charge in [-0.15, -0.1) is 11.3 Å². The fourth-order valence-corrected chi connectivity index (χ4v) is 5.03. The van der Waals surface area contributed by atoms with Crippen molar-refractivity contribution >= 4 is 44.7 Å². The Kier molecular flexibility index (Phi) is 7.62. The van der Waals surface area contributed by atoms with Gasteiger partial charge in [0.15, 0.2) is 11.6 Å². The fourth-order valence-electron chi connectivity index (χ4n) is 4.00. The van der Waals surface area contributed by atoms with Gasteiger partial charge in [0, 0.05) is 43.9 Å². The van der Waals surface area contributed by atoms with Gasteiger partial charge in [-0.2, -0.15) is 0 Å². The third-order valence-electron chi connectivity index (χ3n) is 5.80. The van der Waals surface area contributed by atoms with Crippen LogP contribution in [0, 0.1) is 5.82 Å². The van der Waals surface area contributed by atoms with Crippen molar-refractivity contribution in [2.75, 3.05) is 18.6 Å². The quantitative estimate of drug-likeness (QED) is 0.239. The lowest BCUT2D eigenvalue weighted by Gasteiger charge is -2.23. The summed E-state index contributed by atoms with van der Waals surface area (Å²) in [4.78, 5) is 35.3. The van der Waals surface area contributed by atoms with Crippen molar-refractivity contribution < 1.29 is 23.5 Å². The number of imidazole rings is 1. The van der Waals surface area contributed by atoms with Crippen molar-refractivity contribution in [1.82, 2.24) is 14.5 Å². The summed E-state index contributed by atoms with van der Waals surface area (Å²) in [6.07, 6.45) is 4.75. The van der Waals surface area contributed by atoms with Crippen LogP contribution in [0.5, 0.6) is 11.5 Å². The fraction of sp³-hybridized carbons (Fsp3) is 0.143. The van der Waals surface area contributed by atoms with Crippen LogP contribution < -0.4 is 15.4 Å². The third-order valence-corrected chi connectivity index (χ3v) is 6.96. The van der Waals surface area contributed by atoms with Gasteiger partial charge in [0.1, 0.15) is 12.2 Å². The molecule has 5 aromatic rings. The molecule has 0 aliphatic heterocycles. The number of pyridine rings is 1. The zero-order valence-corrected chi connectivity index (χ0v) is 21.7. The van der Waals surface area contributed by atoms with E-state index >= 15 is 4.39 Å². The molecule has 2 amide bonds. The van der Waals surface area contributed by atoms with Gasteiger partial charge in [0.2, 0.25) is 11.8 Å². The number of rotatable bonds is 10. The molecule has 0 atom stereocenters. The highest BCUT2D eigenvalue weighted by atomic mass is 32.1. The van der Waals surface area contributed by atoms with Crippen molar-refractivity contribution in [2.24, 2.45) is 5.73 Å². The van der Waals surface area contributed by atoms with Crippen LogP contribution >= 0.6 is 11.3 Å². The van der Waals surface area contributed by atoms with Crippen molar-refractivity contribution in [2.45, 2.75) is 13.0 Å². The number of anilines is 2. The summed E-state index contributed by atoms with van der Waals surface area (Å²) in [5.41, 5.74) is 7.43. The molecule has 9 nitrogen and oxygen atoms in total. The second-order valence-corrected chi connectivity index (χ2v) is 9.60. The molecule has 0 saturated heterocycles. The Hall–Kier alpha value is -4.61. The average molecular weight is 546 g/mol. The number of primary amides is 1. The monoisotopic (exact) mass is 545 g/mol. The SMILES string of the molecule is COCCn1cnc(-c2cc3nccc(Oc4ccc(N(C(=O)CC(N)=O)c5ccccc5)cc4F)c3s2)c1. The van der Waals surface area contributed by atoms with Gasteiger partial charge in [-0.3, -0.25) is 19.5 Å². The van der Waals surface area contributed by atoms with Crippen LogP contribution in [0.3, 0.4) is 0 Å². The summed E-state index contributed by atoms with van der Waals surface area (Å²) in [6.45, 7) is 1.26. The van der Waals surface area contributed by atoms with Crippen molar-refractivity contribution in [1.29, 1.82) is 0 Å². The molecule has 2 N–H and O–H groups in total. The molecule has 2 aromatic carbocycles. The predicted molar refractivity (Wildman–Crippen MR) is 147 cm³/mol. The Morgan fingerprint density at radius 1 is 1.05 bits per heavy atom. The standard InChI is InChI=1S/C28H24FN5O4S/c1-37-12-11-33-16-22(32-17-33)25-14-21-28(39-25)24(9-10-31-21)38-23-8-7-19(13-20(23)29)34(27(36)15-26(30)35)18-5-3-2-4-6-18/h2-10,13-14,16-17H,11-12,15H2,1H3,(H2,30,35). The average Bonchev–Trinajstić information content (AvgIpc) is 3.57. The highest BCUT2D eigenvalue weighted by Crippen LogP contribution is 2.40. The largest absolute Gasteiger partial charge is 0.453 e. The number of methoxy groups -OCH3 is 1. The van der Waals surface area contributed by atoms with E-state index in [-0.39, 0.29) is 11.4 Å². The Bertz CT molecular complexity index is 1640. The number of amides is 2. The van der Waals surface area contributed by atoms with E-state index < -0.39 is 24.1 Å². The summed E-state index contributed by atoms with van der Waals surface area (Å²) in [5, 5.41) is 0. The Morgan fingerprint density at radius 3 is 2.62 bits per heavy atom. The molecular formula is C28H24FN5O4S. The second kappa shape index (κ2) is 11.4. The molecule has 3 aromatic heterocycles. The van der Waals surface area contributed by atoms with Crippen LogP contribution in [0.4, 0.5) is 15.8 Å². The number of ether oxygens (including phenoxy) is 2. The molecule has 0 fully saturated rings. The minimum Gasteiger partial charge on any atom is -0.453 e. The number of hydrogen-bond donors (Lipinski definition) is 1. The number of nitrogens with two attached hydrogens (primary N) is 1. The number of carbonyl (C=O) groups excluding carboxylic acids is 2. The lowest BCUT2D eigenvalue weighted by molar-refractivity contribution is -0.125. The van der Waals surface area contributed by atoms with E-state index in [0.717, 1.165) is 15.3 Å². The summed E-state index contributed by atoms with van der Waals surface area (Å²) in [7, 11) is 1.65. The van der Waals surface area contributed by atoms with Crippen LogP contribution in [0.1, 0.15) is 6.42 Å². The predicted octanol–water partition coefficient (Wildman–Crippen LogP) is 5.28. The number of fused-ring (bicyclic) bond motifs is 1. The molecule has 3 heterocycles. The summed E-state index contributed by atoms with van der Waals surface area (Å²) < 4.78 is 29.1. The highest BCUT2D eigenvalue weighted by Gasteiger charge is 2.22. The van der Waals surface area contributed by atoms with E-state index in [4.69, 9.17) is 15.2 Å². The number of aromatic nitrogens is 3. The van der Waals surface area contributed by atoms with E-state index in [1.54, 1.807) is 62.1 Å². The number of hydrogen-bond acceptors (Lipinski definition) is 7. The molecule has 0 spiro atoms. The van der Waals surface area contributed by atoms with Gasteiger partial charge in [-0.05, 0) is 30.3 Å². The normalized spacial score (nSPS) is 11.0. The molecule has 39 heavy (non-hydrogen) atoms. The smallest absolute Gasteiger partial charge is 0.240 e. The van der Waals surface area contributed by atoms with Gasteiger partial charge < -0.3 is 19.8 Å². The first-order chi connectivity index (χ1) is 18.9. The van der Waals surface area contributed by atoms with Gasteiger partial charge in [-0.1, -0.05) is 18.2 Å². The minimum absolute atomic E-state index is 0.0274. The van der Waals surface area contributed by atoms with E-state index in [0.29, 0.717) is 30.1 Å². The third kappa shape index (κ3) is 5.79. The Balaban J connectivity index is 1.43. The molecule has 11 heteroatoms. The zero-order valence-electron chi connectivity index (χ0n) is 20.9.